The molecule has 2 heteroatoms. The maximum absolute atomic E-state index is 5.51. The number of ether oxygens (including phenoxy) is 1. The molecule has 2 atom stereocenters. The van der Waals surface area contributed by atoms with Gasteiger partial charge in [0.15, 0.2) is 0 Å². The van der Waals surface area contributed by atoms with Crippen LogP contribution in [0.3, 0.4) is 0 Å². The minimum Gasteiger partial charge on any atom is -0.380 e. The number of hydrogen-bond acceptors (Lipinski definition) is 2. The highest BCUT2D eigenvalue weighted by Crippen LogP contribution is 2.19. The van der Waals surface area contributed by atoms with E-state index in [9.17, 15) is 0 Å². The van der Waals surface area contributed by atoms with Gasteiger partial charge in [0.2, 0.25) is 0 Å². The Labute approximate surface area is 43.6 Å². The van der Waals surface area contributed by atoms with E-state index in [-0.39, 0.29) is 0 Å². The fourth-order valence-electron chi connectivity index (χ4n) is 0.788. The van der Waals surface area contributed by atoms with Crippen LogP contribution in [0.5, 0.6) is 0 Å². The van der Waals surface area contributed by atoms with Crippen LogP contribution in [0.15, 0.2) is 0 Å². The highest BCUT2D eigenvalue weighted by atomic mass is 16.5. The predicted molar refractivity (Wildman–Crippen MR) is 28.0 cm³/mol. The Morgan fingerprint density at radius 1 is 1.57 bits per heavy atom. The van der Waals surface area contributed by atoms with Gasteiger partial charge in [-0.3, -0.25) is 0 Å². The van der Waals surface area contributed by atoms with Gasteiger partial charge in [0.1, 0.15) is 0 Å². The van der Waals surface area contributed by atoms with Crippen LogP contribution in [-0.4, -0.2) is 19.3 Å². The molecule has 0 aromatic rings. The molecule has 0 aromatic carbocycles. The molecule has 42 valence electrons. The Hall–Kier alpha value is -0.0800. The van der Waals surface area contributed by atoms with Gasteiger partial charge in [-0.15, -0.1) is 0 Å². The summed E-state index contributed by atoms with van der Waals surface area (Å²) in [6, 6.07) is 0.324. The minimum absolute atomic E-state index is 0.324. The summed E-state index contributed by atoms with van der Waals surface area (Å²) in [6.07, 6.45) is 2.65. The zero-order valence-electron chi connectivity index (χ0n) is 4.55. The number of methoxy groups -OCH3 is 1. The lowest BCUT2D eigenvalue weighted by Gasteiger charge is -2.31. The molecule has 1 aliphatic carbocycles. The van der Waals surface area contributed by atoms with E-state index in [1.165, 1.54) is 0 Å². The molecular formula is C5H11NO. The normalized spacial score (nSPS) is 40.3. The molecule has 2 N–H and O–H groups in total. The second-order valence-corrected chi connectivity index (χ2v) is 2.02. The quantitative estimate of drug-likeness (QED) is 0.509. The Bertz CT molecular complexity index is 63.1. The lowest BCUT2D eigenvalue weighted by Crippen LogP contribution is -2.45. The molecule has 1 aliphatic rings. The third kappa shape index (κ3) is 0.763. The van der Waals surface area contributed by atoms with Crippen molar-refractivity contribution in [2.24, 2.45) is 5.73 Å². The van der Waals surface area contributed by atoms with Crippen LogP contribution in [0.2, 0.25) is 0 Å². The molecule has 0 saturated heterocycles. The molecule has 0 bridgehead atoms. The molecule has 0 amide bonds. The summed E-state index contributed by atoms with van der Waals surface area (Å²) in [4.78, 5) is 0. The highest BCUT2D eigenvalue weighted by molar-refractivity contribution is 4.83. The first-order valence-corrected chi connectivity index (χ1v) is 2.63. The summed E-state index contributed by atoms with van der Waals surface area (Å²) in [7, 11) is 1.71. The second-order valence-electron chi connectivity index (χ2n) is 2.02. The topological polar surface area (TPSA) is 35.2 Å². The SMILES string of the molecule is COC1CCC1N. The van der Waals surface area contributed by atoms with Crippen LogP contribution in [0.4, 0.5) is 0 Å². The van der Waals surface area contributed by atoms with Gasteiger partial charge in [-0.05, 0) is 12.8 Å². The van der Waals surface area contributed by atoms with Crippen LogP contribution in [0, 0.1) is 0 Å². The summed E-state index contributed by atoms with van der Waals surface area (Å²) in [5.74, 6) is 0. The van der Waals surface area contributed by atoms with Crippen molar-refractivity contribution in [2.75, 3.05) is 7.11 Å². The van der Waals surface area contributed by atoms with Gasteiger partial charge in [0, 0.05) is 13.2 Å². The van der Waals surface area contributed by atoms with Crippen LogP contribution < -0.4 is 5.73 Å². The Morgan fingerprint density at radius 3 is 2.29 bits per heavy atom. The predicted octanol–water partition coefficient (Wildman–Crippen LogP) is 0.123. The van der Waals surface area contributed by atoms with E-state index in [4.69, 9.17) is 10.5 Å². The molecule has 2 nitrogen and oxygen atoms in total. The van der Waals surface area contributed by atoms with Crippen LogP contribution >= 0.6 is 0 Å². The first-order valence-electron chi connectivity index (χ1n) is 2.63. The molecule has 1 fully saturated rings. The minimum atomic E-state index is 0.324. The second kappa shape index (κ2) is 1.80. The molecule has 1 rings (SSSR count). The van der Waals surface area contributed by atoms with Gasteiger partial charge < -0.3 is 10.5 Å². The van der Waals surface area contributed by atoms with Crippen molar-refractivity contribution >= 4 is 0 Å². The van der Waals surface area contributed by atoms with Crippen LogP contribution in [0.1, 0.15) is 12.8 Å². The van der Waals surface area contributed by atoms with E-state index in [1.807, 2.05) is 0 Å². The average Bonchev–Trinajstić information content (AvgIpc) is 1.65. The monoisotopic (exact) mass is 101 g/mol. The van der Waals surface area contributed by atoms with Crippen molar-refractivity contribution in [2.45, 2.75) is 25.0 Å². The van der Waals surface area contributed by atoms with E-state index < -0.39 is 0 Å². The number of rotatable bonds is 1. The molecular weight excluding hydrogens is 90.1 g/mol. The Morgan fingerprint density at radius 2 is 2.29 bits per heavy atom. The van der Waals surface area contributed by atoms with Crippen molar-refractivity contribution < 1.29 is 4.74 Å². The van der Waals surface area contributed by atoms with Gasteiger partial charge >= 0.3 is 0 Å². The highest BCUT2D eigenvalue weighted by Gasteiger charge is 2.26. The largest absolute Gasteiger partial charge is 0.380 e. The molecule has 0 radical (unpaired) electrons. The summed E-state index contributed by atoms with van der Waals surface area (Å²) in [6.45, 7) is 0. The maximum atomic E-state index is 5.51. The first kappa shape index (κ1) is 5.06. The summed E-state index contributed by atoms with van der Waals surface area (Å²) < 4.78 is 4.97. The van der Waals surface area contributed by atoms with E-state index in [0.29, 0.717) is 12.1 Å². The number of hydrogen-bond donors (Lipinski definition) is 1. The van der Waals surface area contributed by atoms with Gasteiger partial charge in [-0.2, -0.15) is 0 Å². The van der Waals surface area contributed by atoms with Crippen molar-refractivity contribution in [3.05, 3.63) is 0 Å². The van der Waals surface area contributed by atoms with Crippen LogP contribution in [-0.2, 0) is 4.74 Å². The van der Waals surface area contributed by atoms with E-state index >= 15 is 0 Å². The first-order chi connectivity index (χ1) is 3.34. The zero-order chi connectivity index (χ0) is 5.28. The van der Waals surface area contributed by atoms with Crippen molar-refractivity contribution in [3.8, 4) is 0 Å². The lowest BCUT2D eigenvalue weighted by molar-refractivity contribution is 0.0213. The standard InChI is InChI=1S/C5H11NO/c1-7-5-3-2-4(5)6/h4-5H,2-3,6H2,1H3. The summed E-state index contributed by atoms with van der Waals surface area (Å²) in [5, 5.41) is 0. The molecule has 7 heavy (non-hydrogen) atoms. The van der Waals surface area contributed by atoms with Crippen molar-refractivity contribution in [1.82, 2.24) is 0 Å². The Kier molecular flexibility index (Phi) is 1.30. The molecule has 0 aromatic heterocycles. The summed E-state index contributed by atoms with van der Waals surface area (Å²) in [5.41, 5.74) is 5.51. The van der Waals surface area contributed by atoms with Gasteiger partial charge in [-0.25, -0.2) is 0 Å². The van der Waals surface area contributed by atoms with Gasteiger partial charge in [0.05, 0.1) is 6.10 Å². The molecule has 0 aliphatic heterocycles. The maximum Gasteiger partial charge on any atom is 0.0722 e. The Balaban J connectivity index is 2.16. The third-order valence-corrected chi connectivity index (χ3v) is 1.56. The van der Waals surface area contributed by atoms with Gasteiger partial charge in [-0.1, -0.05) is 0 Å². The molecule has 1 saturated carbocycles. The van der Waals surface area contributed by atoms with Crippen LogP contribution in [0.25, 0.3) is 0 Å². The lowest BCUT2D eigenvalue weighted by atomic mass is 9.90. The number of nitrogens with two attached hydrogens (primary N) is 1. The zero-order valence-corrected chi connectivity index (χ0v) is 4.55. The fourth-order valence-corrected chi connectivity index (χ4v) is 0.788. The molecule has 2 unspecified atom stereocenters. The molecule has 0 spiro atoms. The average molecular weight is 101 g/mol. The fraction of sp³-hybridized carbons (Fsp3) is 1.00. The van der Waals surface area contributed by atoms with E-state index in [2.05, 4.69) is 0 Å². The third-order valence-electron chi connectivity index (χ3n) is 1.56. The smallest absolute Gasteiger partial charge is 0.0722 e. The van der Waals surface area contributed by atoms with Crippen molar-refractivity contribution in [3.63, 3.8) is 0 Å². The van der Waals surface area contributed by atoms with E-state index in [1.54, 1.807) is 7.11 Å². The van der Waals surface area contributed by atoms with Gasteiger partial charge in [0.25, 0.3) is 0 Å². The van der Waals surface area contributed by atoms with E-state index in [0.717, 1.165) is 12.8 Å². The van der Waals surface area contributed by atoms with Crippen molar-refractivity contribution in [1.29, 1.82) is 0 Å². The summed E-state index contributed by atoms with van der Waals surface area (Å²) >= 11 is 0. The molecule has 0 heterocycles.